The minimum absolute atomic E-state index is 0.119. The molecule has 1 amide bonds. The van der Waals surface area contributed by atoms with Gasteiger partial charge in [0.2, 0.25) is 0 Å². The lowest BCUT2D eigenvalue weighted by atomic mass is 10.2. The maximum absolute atomic E-state index is 11.5. The van der Waals surface area contributed by atoms with E-state index in [9.17, 15) is 4.79 Å². The summed E-state index contributed by atoms with van der Waals surface area (Å²) in [7, 11) is 1.47. The predicted octanol–water partition coefficient (Wildman–Crippen LogP) is -0.263. The van der Waals surface area contributed by atoms with Gasteiger partial charge in [0.25, 0.3) is 5.91 Å². The van der Waals surface area contributed by atoms with Gasteiger partial charge < -0.3 is 19.6 Å². The molecule has 0 aliphatic carbocycles. The van der Waals surface area contributed by atoms with E-state index in [1.54, 1.807) is 26.2 Å². The normalized spacial score (nSPS) is 9.60. The van der Waals surface area contributed by atoms with Crippen molar-refractivity contribution in [3.63, 3.8) is 0 Å². The molecule has 0 aliphatic heterocycles. The first-order valence-corrected chi connectivity index (χ1v) is 4.35. The first-order chi connectivity index (χ1) is 7.00. The Morgan fingerprint density at radius 2 is 1.80 bits per heavy atom. The molecule has 0 aliphatic rings. The highest BCUT2D eigenvalue weighted by Gasteiger charge is 2.12. The van der Waals surface area contributed by atoms with Gasteiger partial charge in [0.1, 0.15) is 5.75 Å². The zero-order chi connectivity index (χ0) is 11.4. The van der Waals surface area contributed by atoms with E-state index in [0.717, 1.165) is 0 Å². The van der Waals surface area contributed by atoms with Crippen molar-refractivity contribution in [1.29, 1.82) is 0 Å². The third-order valence-electron chi connectivity index (χ3n) is 1.75. The zero-order valence-corrected chi connectivity index (χ0v) is 8.54. The largest absolute Gasteiger partial charge is 0.707 e. The molecule has 0 saturated carbocycles. The van der Waals surface area contributed by atoms with Crippen molar-refractivity contribution in [1.82, 2.24) is 4.90 Å². The maximum atomic E-state index is 11.5. The van der Waals surface area contributed by atoms with Gasteiger partial charge in [0, 0.05) is 19.7 Å². The molecule has 0 fully saturated rings. The highest BCUT2D eigenvalue weighted by atomic mass is 16.6. The van der Waals surface area contributed by atoms with Crippen LogP contribution >= 0.6 is 0 Å². The fourth-order valence-electron chi connectivity index (χ4n) is 1.06. The van der Waals surface area contributed by atoms with Crippen LogP contribution in [0.2, 0.25) is 0 Å². The van der Waals surface area contributed by atoms with Crippen molar-refractivity contribution < 1.29 is 19.5 Å². The van der Waals surface area contributed by atoms with Crippen LogP contribution in [0.25, 0.3) is 0 Å². The Labute approximate surface area is 88.1 Å². The lowest BCUT2D eigenvalue weighted by Crippen LogP contribution is -2.22. The van der Waals surface area contributed by atoms with Crippen molar-refractivity contribution in [3.8, 4) is 5.75 Å². The summed E-state index contributed by atoms with van der Waals surface area (Å²) >= 11 is 0. The summed E-state index contributed by atoms with van der Waals surface area (Å²) in [6.45, 7) is 0. The third kappa shape index (κ3) is 3.27. The zero-order valence-electron chi connectivity index (χ0n) is 8.54. The SMILES string of the molecule is CN(C)C(=O)c1ccc(OB(O)O)cc1. The molecule has 0 heterocycles. The molecule has 80 valence electrons. The first-order valence-electron chi connectivity index (χ1n) is 4.35. The molecule has 0 atom stereocenters. The number of nitrogens with zero attached hydrogens (tertiary/aromatic N) is 1. The van der Waals surface area contributed by atoms with Gasteiger partial charge in [-0.25, -0.2) is 0 Å². The fourth-order valence-corrected chi connectivity index (χ4v) is 1.06. The first kappa shape index (κ1) is 11.5. The lowest BCUT2D eigenvalue weighted by Gasteiger charge is -2.10. The lowest BCUT2D eigenvalue weighted by molar-refractivity contribution is 0.0827. The number of rotatable bonds is 3. The molecule has 0 aromatic heterocycles. The monoisotopic (exact) mass is 209 g/mol. The summed E-state index contributed by atoms with van der Waals surface area (Å²) in [5.41, 5.74) is 0.514. The van der Waals surface area contributed by atoms with Crippen molar-refractivity contribution in [2.45, 2.75) is 0 Å². The number of carbonyl (C=O) groups is 1. The van der Waals surface area contributed by atoms with Gasteiger partial charge >= 0.3 is 7.32 Å². The fraction of sp³-hybridized carbons (Fsp3) is 0.222. The van der Waals surface area contributed by atoms with E-state index >= 15 is 0 Å². The molecule has 0 saturated heterocycles. The Hall–Kier alpha value is -1.53. The van der Waals surface area contributed by atoms with Crippen LogP contribution in [-0.4, -0.2) is 42.3 Å². The minimum Gasteiger partial charge on any atom is -0.512 e. The van der Waals surface area contributed by atoms with E-state index in [0.29, 0.717) is 11.3 Å². The van der Waals surface area contributed by atoms with E-state index < -0.39 is 7.32 Å². The Morgan fingerprint density at radius 3 is 2.20 bits per heavy atom. The van der Waals surface area contributed by atoms with Gasteiger partial charge in [-0.05, 0) is 24.3 Å². The minimum atomic E-state index is -1.85. The van der Waals surface area contributed by atoms with Gasteiger partial charge in [-0.3, -0.25) is 4.79 Å². The highest BCUT2D eigenvalue weighted by Crippen LogP contribution is 2.13. The average molecular weight is 209 g/mol. The number of hydrogen-bond acceptors (Lipinski definition) is 4. The molecule has 15 heavy (non-hydrogen) atoms. The van der Waals surface area contributed by atoms with Gasteiger partial charge in [0.05, 0.1) is 0 Å². The van der Waals surface area contributed by atoms with Crippen LogP contribution in [0.1, 0.15) is 10.4 Å². The number of amides is 1. The standard InChI is InChI=1S/C9H12BNO4/c1-11(2)9(12)7-3-5-8(6-4-7)15-10(13)14/h3-6,13-14H,1-2H3. The van der Waals surface area contributed by atoms with Crippen molar-refractivity contribution in [2.75, 3.05) is 14.1 Å². The molecular weight excluding hydrogens is 197 g/mol. The van der Waals surface area contributed by atoms with Crippen LogP contribution < -0.4 is 4.65 Å². The van der Waals surface area contributed by atoms with E-state index in [1.165, 1.54) is 17.0 Å². The van der Waals surface area contributed by atoms with Crippen LogP contribution in [0, 0.1) is 0 Å². The van der Waals surface area contributed by atoms with Crippen LogP contribution in [0.15, 0.2) is 24.3 Å². The Bertz CT molecular complexity index is 336. The molecule has 0 radical (unpaired) electrons. The van der Waals surface area contributed by atoms with Gasteiger partial charge in [0.15, 0.2) is 0 Å². The summed E-state index contributed by atoms with van der Waals surface area (Å²) in [6, 6.07) is 6.10. The van der Waals surface area contributed by atoms with E-state index in [4.69, 9.17) is 10.0 Å². The third-order valence-corrected chi connectivity index (χ3v) is 1.75. The van der Waals surface area contributed by atoms with Crippen LogP contribution in [0.4, 0.5) is 0 Å². The summed E-state index contributed by atoms with van der Waals surface area (Å²) in [6.07, 6.45) is 0. The smallest absolute Gasteiger partial charge is 0.512 e. The van der Waals surface area contributed by atoms with E-state index in [2.05, 4.69) is 4.65 Å². The summed E-state index contributed by atoms with van der Waals surface area (Å²) in [5, 5.41) is 17.1. The van der Waals surface area contributed by atoms with Crippen molar-refractivity contribution >= 4 is 13.2 Å². The quantitative estimate of drug-likeness (QED) is 0.672. The van der Waals surface area contributed by atoms with Crippen LogP contribution in [-0.2, 0) is 0 Å². The molecule has 2 N–H and O–H groups in total. The topological polar surface area (TPSA) is 70.0 Å². The Balaban J connectivity index is 2.76. The molecule has 0 spiro atoms. The van der Waals surface area contributed by atoms with Crippen molar-refractivity contribution in [2.24, 2.45) is 0 Å². The summed E-state index contributed by atoms with van der Waals surface area (Å²) in [5.74, 6) is 0.173. The molecule has 1 aromatic rings. The number of carbonyl (C=O) groups excluding carboxylic acids is 1. The molecule has 6 heteroatoms. The second-order valence-corrected chi connectivity index (χ2v) is 3.17. The van der Waals surface area contributed by atoms with Gasteiger partial charge in [-0.1, -0.05) is 0 Å². The predicted molar refractivity (Wildman–Crippen MR) is 55.3 cm³/mol. The molecule has 1 aromatic carbocycles. The van der Waals surface area contributed by atoms with E-state index in [-0.39, 0.29) is 5.91 Å². The van der Waals surface area contributed by atoms with Gasteiger partial charge in [-0.15, -0.1) is 0 Å². The Kier molecular flexibility index (Phi) is 3.71. The summed E-state index contributed by atoms with van der Waals surface area (Å²) in [4.78, 5) is 12.9. The molecule has 1 rings (SSSR count). The number of benzene rings is 1. The molecular formula is C9H12BNO4. The van der Waals surface area contributed by atoms with Crippen LogP contribution in [0.5, 0.6) is 5.75 Å². The maximum Gasteiger partial charge on any atom is 0.707 e. The van der Waals surface area contributed by atoms with E-state index in [1.807, 2.05) is 0 Å². The van der Waals surface area contributed by atoms with Crippen molar-refractivity contribution in [3.05, 3.63) is 29.8 Å². The van der Waals surface area contributed by atoms with Crippen LogP contribution in [0.3, 0.4) is 0 Å². The average Bonchev–Trinajstić information content (AvgIpc) is 2.17. The molecule has 5 nitrogen and oxygen atoms in total. The molecule has 0 unspecified atom stereocenters. The second-order valence-electron chi connectivity index (χ2n) is 3.17. The number of hydrogen-bond donors (Lipinski definition) is 2. The molecule has 0 bridgehead atoms. The Morgan fingerprint density at radius 1 is 1.27 bits per heavy atom. The summed E-state index contributed by atoms with van der Waals surface area (Å²) < 4.78 is 4.60. The highest BCUT2D eigenvalue weighted by molar-refractivity contribution is 6.33. The second kappa shape index (κ2) is 4.81. The van der Waals surface area contributed by atoms with Gasteiger partial charge in [-0.2, -0.15) is 0 Å².